The fourth-order valence-corrected chi connectivity index (χ4v) is 5.37. The van der Waals surface area contributed by atoms with E-state index in [9.17, 15) is 23.5 Å². The Bertz CT molecular complexity index is 1420. The van der Waals surface area contributed by atoms with Crippen LogP contribution in [0.2, 0.25) is 0 Å². The van der Waals surface area contributed by atoms with E-state index >= 15 is 4.39 Å². The van der Waals surface area contributed by atoms with Gasteiger partial charge in [-0.1, -0.05) is 12.1 Å². The van der Waals surface area contributed by atoms with E-state index in [4.69, 9.17) is 9.47 Å². The van der Waals surface area contributed by atoms with Crippen LogP contribution in [0, 0.1) is 22.9 Å². The highest BCUT2D eigenvalue weighted by Gasteiger charge is 2.43. The van der Waals surface area contributed by atoms with Gasteiger partial charge in [0, 0.05) is 31.1 Å². The Kier molecular flexibility index (Phi) is 7.60. The predicted octanol–water partition coefficient (Wildman–Crippen LogP) is 5.34. The lowest BCUT2D eigenvalue weighted by Gasteiger charge is -2.40. The molecule has 2 heterocycles. The third kappa shape index (κ3) is 5.30. The van der Waals surface area contributed by atoms with Crippen LogP contribution in [0.1, 0.15) is 30.4 Å². The Balaban J connectivity index is 1.35. The van der Waals surface area contributed by atoms with Crippen LogP contribution in [0.5, 0.6) is 11.5 Å². The zero-order chi connectivity index (χ0) is 28.4. The molecule has 40 heavy (non-hydrogen) atoms. The molecule has 0 spiro atoms. The van der Waals surface area contributed by atoms with Gasteiger partial charge in [-0.25, -0.2) is 13.2 Å². The van der Waals surface area contributed by atoms with Crippen LogP contribution in [0.15, 0.2) is 54.6 Å². The predicted molar refractivity (Wildman–Crippen MR) is 142 cm³/mol. The molecule has 2 aliphatic rings. The highest BCUT2D eigenvalue weighted by atomic mass is 19.1. The first-order valence-corrected chi connectivity index (χ1v) is 13.0. The number of benzene rings is 3. The van der Waals surface area contributed by atoms with Gasteiger partial charge in [-0.05, 0) is 61.2 Å². The Hall–Kier alpha value is -4.21. The lowest BCUT2D eigenvalue weighted by Crippen LogP contribution is -2.48. The average Bonchev–Trinajstić information content (AvgIpc) is 2.96. The molecule has 1 fully saturated rings. The van der Waals surface area contributed by atoms with E-state index in [-0.39, 0.29) is 69.2 Å². The van der Waals surface area contributed by atoms with E-state index in [0.717, 1.165) is 23.8 Å². The topological polar surface area (TPSA) is 79.3 Å². The fraction of sp³-hybridized carbons (Fsp3) is 0.333. The summed E-state index contributed by atoms with van der Waals surface area (Å²) in [7, 11) is 1.55. The van der Waals surface area contributed by atoms with Crippen LogP contribution in [-0.4, -0.2) is 43.8 Å². The molecule has 3 aromatic rings. The third-order valence-corrected chi connectivity index (χ3v) is 7.78. The second-order valence-corrected chi connectivity index (χ2v) is 10.2. The minimum absolute atomic E-state index is 0.0918. The number of amides is 1. The summed E-state index contributed by atoms with van der Waals surface area (Å²) in [6, 6.07) is 13.0. The SMILES string of the molecule is COc1ccc(CN2C(=O)CCc3c(OCC4(C(=O)O)CCN(c5cc(F)ccc5F)CC4)ccc(F)c32)cc1. The van der Waals surface area contributed by atoms with Gasteiger partial charge in [0.25, 0.3) is 0 Å². The molecular weight excluding hydrogens is 525 g/mol. The number of hydrogen-bond donors (Lipinski definition) is 1. The van der Waals surface area contributed by atoms with Crippen molar-refractivity contribution < 1.29 is 37.3 Å². The standard InChI is InChI=1S/C30H29F3N2O5/c1-39-21-5-2-19(3-6-21)17-35-27(36)11-7-22-26(10-9-24(33)28(22)35)40-18-30(29(37)38)12-14-34(15-13-30)25-16-20(31)4-8-23(25)32/h2-6,8-10,16H,7,11-15,17-18H2,1H3,(H,37,38). The molecule has 0 radical (unpaired) electrons. The summed E-state index contributed by atoms with van der Waals surface area (Å²) in [5.74, 6) is -2.01. The van der Waals surface area contributed by atoms with Crippen molar-refractivity contribution in [2.24, 2.45) is 5.41 Å². The Morgan fingerprint density at radius 2 is 1.68 bits per heavy atom. The molecule has 0 saturated carbocycles. The number of aliphatic carboxylic acids is 1. The first-order valence-electron chi connectivity index (χ1n) is 13.0. The van der Waals surface area contributed by atoms with Gasteiger partial charge in [0.15, 0.2) is 0 Å². The average molecular weight is 555 g/mol. The summed E-state index contributed by atoms with van der Waals surface area (Å²) in [5, 5.41) is 10.1. The number of ether oxygens (including phenoxy) is 2. The molecular formula is C30H29F3N2O5. The first kappa shape index (κ1) is 27.4. The number of carboxylic acid groups (broad SMARTS) is 1. The number of rotatable bonds is 8. The summed E-state index contributed by atoms with van der Waals surface area (Å²) in [6.45, 7) is 0.359. The van der Waals surface area contributed by atoms with E-state index in [2.05, 4.69) is 0 Å². The summed E-state index contributed by atoms with van der Waals surface area (Å²) in [4.78, 5) is 28.3. The largest absolute Gasteiger partial charge is 0.497 e. The van der Waals surface area contributed by atoms with Crippen LogP contribution in [0.3, 0.4) is 0 Å². The Morgan fingerprint density at radius 3 is 2.35 bits per heavy atom. The number of methoxy groups -OCH3 is 1. The number of hydrogen-bond acceptors (Lipinski definition) is 5. The van der Waals surface area contributed by atoms with Gasteiger partial charge >= 0.3 is 5.97 Å². The van der Waals surface area contributed by atoms with Crippen molar-refractivity contribution in [1.82, 2.24) is 0 Å². The van der Waals surface area contributed by atoms with Crippen molar-refractivity contribution in [2.75, 3.05) is 36.6 Å². The summed E-state index contributed by atoms with van der Waals surface area (Å²) < 4.78 is 54.4. The van der Waals surface area contributed by atoms with E-state index in [1.165, 1.54) is 17.0 Å². The van der Waals surface area contributed by atoms with Crippen molar-refractivity contribution in [3.63, 3.8) is 0 Å². The Morgan fingerprint density at radius 1 is 0.975 bits per heavy atom. The number of carboxylic acids is 1. The smallest absolute Gasteiger partial charge is 0.313 e. The number of anilines is 2. The number of fused-ring (bicyclic) bond motifs is 1. The molecule has 1 saturated heterocycles. The van der Waals surface area contributed by atoms with Crippen LogP contribution in [-0.2, 0) is 22.6 Å². The van der Waals surface area contributed by atoms with Gasteiger partial charge in [0.2, 0.25) is 5.91 Å². The zero-order valence-electron chi connectivity index (χ0n) is 22.0. The minimum Gasteiger partial charge on any atom is -0.497 e. The maximum atomic E-state index is 15.1. The fourth-order valence-electron chi connectivity index (χ4n) is 5.37. The Labute approximate surface area is 229 Å². The molecule has 1 N–H and O–H groups in total. The second-order valence-electron chi connectivity index (χ2n) is 10.2. The molecule has 0 aromatic heterocycles. The van der Waals surface area contributed by atoms with Gasteiger partial charge < -0.3 is 24.4 Å². The van der Waals surface area contributed by atoms with Gasteiger partial charge in [-0.3, -0.25) is 9.59 Å². The molecule has 0 atom stereocenters. The molecule has 10 heteroatoms. The molecule has 0 unspecified atom stereocenters. The zero-order valence-corrected chi connectivity index (χ0v) is 22.0. The van der Waals surface area contributed by atoms with Gasteiger partial charge in [0.05, 0.1) is 25.0 Å². The van der Waals surface area contributed by atoms with E-state index < -0.39 is 28.8 Å². The van der Waals surface area contributed by atoms with Gasteiger partial charge in [0.1, 0.15) is 41.0 Å². The number of carbonyl (C=O) groups is 2. The minimum atomic E-state index is -1.27. The van der Waals surface area contributed by atoms with Crippen molar-refractivity contribution in [3.05, 3.63) is 83.2 Å². The van der Waals surface area contributed by atoms with Crippen molar-refractivity contribution in [3.8, 4) is 11.5 Å². The quantitative estimate of drug-likeness (QED) is 0.405. The number of piperidine rings is 1. The third-order valence-electron chi connectivity index (χ3n) is 7.78. The van der Waals surface area contributed by atoms with Crippen molar-refractivity contribution in [1.29, 1.82) is 0 Å². The molecule has 1 amide bonds. The second kappa shape index (κ2) is 11.1. The molecule has 210 valence electrons. The monoisotopic (exact) mass is 554 g/mol. The highest BCUT2D eigenvalue weighted by molar-refractivity contribution is 5.97. The summed E-state index contributed by atoms with van der Waals surface area (Å²) in [5.41, 5.74) is 0.251. The molecule has 3 aromatic carbocycles. The normalized spacial score (nSPS) is 16.4. The summed E-state index contributed by atoms with van der Waals surface area (Å²) in [6.07, 6.45) is 0.696. The van der Waals surface area contributed by atoms with Crippen molar-refractivity contribution >= 4 is 23.3 Å². The number of carbonyl (C=O) groups excluding carboxylic acids is 1. The molecule has 5 rings (SSSR count). The lowest BCUT2D eigenvalue weighted by molar-refractivity contribution is -0.152. The molecule has 2 aliphatic heterocycles. The van der Waals surface area contributed by atoms with Crippen LogP contribution >= 0.6 is 0 Å². The lowest BCUT2D eigenvalue weighted by atomic mass is 9.79. The molecule has 0 aliphatic carbocycles. The van der Waals surface area contributed by atoms with Crippen LogP contribution in [0.25, 0.3) is 0 Å². The van der Waals surface area contributed by atoms with Crippen LogP contribution < -0.4 is 19.3 Å². The molecule has 0 bridgehead atoms. The van der Waals surface area contributed by atoms with Gasteiger partial charge in [-0.15, -0.1) is 0 Å². The maximum Gasteiger partial charge on any atom is 0.313 e. The molecule has 7 nitrogen and oxygen atoms in total. The van der Waals surface area contributed by atoms with E-state index in [1.807, 2.05) is 0 Å². The maximum absolute atomic E-state index is 15.1. The summed E-state index contributed by atoms with van der Waals surface area (Å²) >= 11 is 0. The van der Waals surface area contributed by atoms with E-state index in [0.29, 0.717) is 17.1 Å². The first-order chi connectivity index (χ1) is 19.2. The number of nitrogens with zero attached hydrogens (tertiary/aromatic N) is 2. The van der Waals surface area contributed by atoms with Gasteiger partial charge in [-0.2, -0.15) is 0 Å². The van der Waals surface area contributed by atoms with Crippen LogP contribution in [0.4, 0.5) is 24.5 Å². The van der Waals surface area contributed by atoms with Crippen molar-refractivity contribution in [2.45, 2.75) is 32.2 Å². The van der Waals surface area contributed by atoms with E-state index in [1.54, 1.807) is 36.3 Å². The number of halogens is 3. The highest BCUT2D eigenvalue weighted by Crippen LogP contribution is 2.40.